The van der Waals surface area contributed by atoms with Crippen molar-refractivity contribution in [2.45, 2.75) is 46.1 Å². The van der Waals surface area contributed by atoms with Crippen LogP contribution in [0.5, 0.6) is 0 Å². The molecule has 5 nitrogen and oxygen atoms in total. The highest BCUT2D eigenvalue weighted by molar-refractivity contribution is 5.92. The van der Waals surface area contributed by atoms with Gasteiger partial charge in [0.25, 0.3) is 5.91 Å². The van der Waals surface area contributed by atoms with E-state index in [1.165, 1.54) is 0 Å². The van der Waals surface area contributed by atoms with Crippen LogP contribution in [0.3, 0.4) is 0 Å². The molecule has 2 aromatic rings. The second-order valence-electron chi connectivity index (χ2n) is 6.34. The minimum Gasteiger partial charge on any atom is -0.344 e. The van der Waals surface area contributed by atoms with Gasteiger partial charge in [-0.15, -0.1) is 0 Å². The van der Waals surface area contributed by atoms with Gasteiger partial charge in [-0.25, -0.2) is 0 Å². The number of hydrogen-bond acceptors (Lipinski definition) is 3. The van der Waals surface area contributed by atoms with Crippen molar-refractivity contribution in [3.05, 3.63) is 47.5 Å². The van der Waals surface area contributed by atoms with E-state index in [9.17, 15) is 4.79 Å². The Morgan fingerprint density at radius 2 is 2.17 bits per heavy atom. The molecule has 2 rings (SSSR count). The molecule has 124 valence electrons. The van der Waals surface area contributed by atoms with Gasteiger partial charge in [0.2, 0.25) is 0 Å². The summed E-state index contributed by atoms with van der Waals surface area (Å²) in [6, 6.07) is 5.75. The van der Waals surface area contributed by atoms with Crippen LogP contribution < -0.4 is 5.32 Å². The summed E-state index contributed by atoms with van der Waals surface area (Å²) in [5, 5.41) is 7.54. The molecule has 2 aromatic heterocycles. The predicted octanol–water partition coefficient (Wildman–Crippen LogP) is 3.28. The van der Waals surface area contributed by atoms with Crippen molar-refractivity contribution in [2.75, 3.05) is 0 Å². The Bertz CT molecular complexity index is 634. The molecule has 1 atom stereocenters. The second kappa shape index (κ2) is 7.90. The lowest BCUT2D eigenvalue weighted by atomic mass is 9.98. The summed E-state index contributed by atoms with van der Waals surface area (Å²) in [5.41, 5.74) is 2.60. The summed E-state index contributed by atoms with van der Waals surface area (Å²) < 4.78 is 1.66. The minimum absolute atomic E-state index is 0.0410. The van der Waals surface area contributed by atoms with Crippen LogP contribution in [0.15, 0.2) is 30.6 Å². The molecule has 0 saturated heterocycles. The van der Waals surface area contributed by atoms with Crippen molar-refractivity contribution in [1.29, 1.82) is 0 Å². The quantitative estimate of drug-likeness (QED) is 0.853. The van der Waals surface area contributed by atoms with E-state index in [4.69, 9.17) is 0 Å². The Kier molecular flexibility index (Phi) is 5.90. The first kappa shape index (κ1) is 17.2. The van der Waals surface area contributed by atoms with Crippen LogP contribution in [0.2, 0.25) is 0 Å². The molecule has 0 aromatic carbocycles. The van der Waals surface area contributed by atoms with Gasteiger partial charge < -0.3 is 5.32 Å². The molecule has 0 bridgehead atoms. The summed E-state index contributed by atoms with van der Waals surface area (Å²) in [6.45, 7) is 6.41. The Morgan fingerprint density at radius 3 is 2.78 bits per heavy atom. The smallest absolute Gasteiger partial charge is 0.270 e. The van der Waals surface area contributed by atoms with Crippen molar-refractivity contribution < 1.29 is 4.79 Å². The predicted molar refractivity (Wildman–Crippen MR) is 91.1 cm³/mol. The third-order valence-corrected chi connectivity index (χ3v) is 3.77. The molecule has 0 unspecified atom stereocenters. The van der Waals surface area contributed by atoms with Crippen molar-refractivity contribution in [2.24, 2.45) is 13.0 Å². The molecule has 1 N–H and O–H groups in total. The molecule has 0 saturated carbocycles. The molecular weight excluding hydrogens is 288 g/mol. The minimum atomic E-state index is -0.0862. The number of carbonyl (C=O) groups excluding carboxylic acids is 1. The van der Waals surface area contributed by atoms with Crippen LogP contribution in [-0.4, -0.2) is 20.7 Å². The first-order valence-corrected chi connectivity index (χ1v) is 8.25. The number of hydrogen-bond donors (Lipinski definition) is 1. The van der Waals surface area contributed by atoms with E-state index in [1.54, 1.807) is 10.9 Å². The van der Waals surface area contributed by atoms with Crippen LogP contribution in [0.4, 0.5) is 0 Å². The van der Waals surface area contributed by atoms with Crippen LogP contribution in [-0.2, 0) is 13.5 Å². The number of aromatic nitrogens is 3. The van der Waals surface area contributed by atoms with E-state index < -0.39 is 0 Å². The van der Waals surface area contributed by atoms with E-state index in [0.717, 1.165) is 30.5 Å². The highest BCUT2D eigenvalue weighted by Gasteiger charge is 2.20. The fraction of sp³-hybridized carbons (Fsp3) is 0.500. The lowest BCUT2D eigenvalue weighted by Gasteiger charge is -2.20. The maximum Gasteiger partial charge on any atom is 0.270 e. The number of amides is 1. The van der Waals surface area contributed by atoms with E-state index in [0.29, 0.717) is 11.6 Å². The number of aryl methyl sites for hydroxylation is 2. The van der Waals surface area contributed by atoms with Gasteiger partial charge in [0.1, 0.15) is 5.69 Å². The van der Waals surface area contributed by atoms with Crippen molar-refractivity contribution in [1.82, 2.24) is 20.1 Å². The Hall–Kier alpha value is -2.17. The second-order valence-corrected chi connectivity index (χ2v) is 6.34. The maximum absolute atomic E-state index is 12.7. The van der Waals surface area contributed by atoms with Crippen molar-refractivity contribution >= 4 is 5.91 Å². The summed E-state index contributed by atoms with van der Waals surface area (Å²) in [5.74, 6) is 0.388. The van der Waals surface area contributed by atoms with Gasteiger partial charge in [-0.3, -0.25) is 14.5 Å². The van der Waals surface area contributed by atoms with E-state index >= 15 is 0 Å². The number of nitrogens with one attached hydrogen (secondary N) is 1. The Labute approximate surface area is 138 Å². The third kappa shape index (κ3) is 4.65. The summed E-state index contributed by atoms with van der Waals surface area (Å²) >= 11 is 0. The molecule has 0 fully saturated rings. The van der Waals surface area contributed by atoms with Crippen molar-refractivity contribution in [3.8, 4) is 0 Å². The zero-order chi connectivity index (χ0) is 16.8. The molecule has 23 heavy (non-hydrogen) atoms. The van der Waals surface area contributed by atoms with Crippen molar-refractivity contribution in [3.63, 3.8) is 0 Å². The van der Waals surface area contributed by atoms with Gasteiger partial charge in [-0.05, 0) is 36.5 Å². The monoisotopic (exact) mass is 314 g/mol. The molecular formula is C18H26N4O. The summed E-state index contributed by atoms with van der Waals surface area (Å²) in [6.07, 6.45) is 6.34. The number of nitrogens with zero attached hydrogens (tertiary/aromatic N) is 3. The van der Waals surface area contributed by atoms with Gasteiger partial charge in [0.05, 0.1) is 11.7 Å². The average molecular weight is 314 g/mol. The summed E-state index contributed by atoms with van der Waals surface area (Å²) in [7, 11) is 1.82. The number of pyridine rings is 1. The molecule has 0 aliphatic heterocycles. The maximum atomic E-state index is 12.7. The highest BCUT2D eigenvalue weighted by Crippen LogP contribution is 2.21. The number of carbonyl (C=O) groups is 1. The van der Waals surface area contributed by atoms with Gasteiger partial charge in [-0.2, -0.15) is 5.10 Å². The van der Waals surface area contributed by atoms with E-state index in [2.05, 4.69) is 36.2 Å². The summed E-state index contributed by atoms with van der Waals surface area (Å²) in [4.78, 5) is 16.8. The number of rotatable bonds is 7. The molecule has 1 amide bonds. The Balaban J connectivity index is 2.17. The lowest BCUT2D eigenvalue weighted by molar-refractivity contribution is 0.0922. The van der Waals surface area contributed by atoms with Crippen LogP contribution in [0.1, 0.15) is 61.4 Å². The fourth-order valence-electron chi connectivity index (χ4n) is 2.68. The first-order valence-electron chi connectivity index (χ1n) is 8.25. The first-order chi connectivity index (χ1) is 11.0. The van der Waals surface area contributed by atoms with Gasteiger partial charge in [0, 0.05) is 19.4 Å². The van der Waals surface area contributed by atoms with Crippen LogP contribution in [0.25, 0.3) is 0 Å². The van der Waals surface area contributed by atoms with Gasteiger partial charge >= 0.3 is 0 Å². The normalized spacial score (nSPS) is 12.4. The largest absolute Gasteiger partial charge is 0.344 e. The molecule has 0 radical (unpaired) electrons. The third-order valence-electron chi connectivity index (χ3n) is 3.77. The van der Waals surface area contributed by atoms with Crippen LogP contribution in [0, 0.1) is 5.92 Å². The highest BCUT2D eigenvalue weighted by atomic mass is 16.2. The van der Waals surface area contributed by atoms with Gasteiger partial charge in [-0.1, -0.05) is 33.3 Å². The molecule has 0 aliphatic rings. The standard InChI is InChI=1S/C18H26N4O/c1-5-7-15-11-17(22(4)21-15)18(23)20-16(10-13(2)3)14-8-6-9-19-12-14/h6,8-9,11-13,16H,5,7,10H2,1-4H3,(H,20,23)/t16-/m1/s1. The topological polar surface area (TPSA) is 59.8 Å². The van der Waals surface area contributed by atoms with Gasteiger partial charge in [0.15, 0.2) is 0 Å². The molecule has 5 heteroatoms. The van der Waals surface area contributed by atoms with E-state index in [-0.39, 0.29) is 11.9 Å². The zero-order valence-corrected chi connectivity index (χ0v) is 14.4. The van der Waals surface area contributed by atoms with Crippen LogP contribution >= 0.6 is 0 Å². The molecule has 0 spiro atoms. The average Bonchev–Trinajstić information content (AvgIpc) is 2.88. The molecule has 0 aliphatic carbocycles. The van der Waals surface area contributed by atoms with E-state index in [1.807, 2.05) is 31.4 Å². The zero-order valence-electron chi connectivity index (χ0n) is 14.4. The SMILES string of the molecule is CCCc1cc(C(=O)N[C@H](CC(C)C)c2cccnc2)n(C)n1. The lowest BCUT2D eigenvalue weighted by Crippen LogP contribution is -2.31. The molecule has 2 heterocycles. The Morgan fingerprint density at radius 1 is 1.39 bits per heavy atom. The fourth-order valence-corrected chi connectivity index (χ4v) is 2.68.